The van der Waals surface area contributed by atoms with Gasteiger partial charge in [-0.05, 0) is 12.1 Å². The molecule has 0 radical (unpaired) electrons. The minimum atomic E-state index is -0.540. The van der Waals surface area contributed by atoms with Crippen LogP contribution in [0.25, 0.3) is 0 Å². The topological polar surface area (TPSA) is 84.7 Å². The van der Waals surface area contributed by atoms with Gasteiger partial charge in [0.05, 0.1) is 18.6 Å². The lowest BCUT2D eigenvalue weighted by Gasteiger charge is -2.12. The second kappa shape index (κ2) is 5.85. The summed E-state index contributed by atoms with van der Waals surface area (Å²) in [7, 11) is 4.59. The number of nitrogens with zero attached hydrogens (tertiary/aromatic N) is 2. The second-order valence-electron chi connectivity index (χ2n) is 3.76. The Morgan fingerprint density at radius 2 is 2.17 bits per heavy atom. The molecule has 1 aromatic carbocycles. The van der Waals surface area contributed by atoms with Gasteiger partial charge in [0.1, 0.15) is 5.69 Å². The van der Waals surface area contributed by atoms with Gasteiger partial charge in [0.15, 0.2) is 5.75 Å². The van der Waals surface area contributed by atoms with E-state index in [0.717, 1.165) is 0 Å². The maximum absolute atomic E-state index is 11.4. The molecule has 1 N–H and O–H groups in total. The summed E-state index contributed by atoms with van der Waals surface area (Å²) >= 11 is 0. The van der Waals surface area contributed by atoms with E-state index in [2.05, 4.69) is 5.32 Å². The Labute approximate surface area is 104 Å². The van der Waals surface area contributed by atoms with Crippen molar-refractivity contribution in [2.75, 3.05) is 33.1 Å². The third-order valence-electron chi connectivity index (χ3n) is 2.33. The third-order valence-corrected chi connectivity index (χ3v) is 2.33. The highest BCUT2D eigenvalue weighted by atomic mass is 16.6. The number of carbonyl (C=O) groups is 1. The zero-order valence-corrected chi connectivity index (χ0v) is 10.5. The number of likely N-dealkylation sites (N-methyl/N-ethyl adjacent to an activating group) is 1. The fourth-order valence-electron chi connectivity index (χ4n) is 1.35. The molecule has 18 heavy (non-hydrogen) atoms. The number of amides is 1. The Kier molecular flexibility index (Phi) is 4.47. The largest absolute Gasteiger partial charge is 0.490 e. The van der Waals surface area contributed by atoms with Crippen molar-refractivity contribution in [2.45, 2.75) is 0 Å². The molecule has 0 atom stereocenters. The van der Waals surface area contributed by atoms with Crippen LogP contribution in [0.15, 0.2) is 18.2 Å². The van der Waals surface area contributed by atoms with E-state index in [-0.39, 0.29) is 29.6 Å². The van der Waals surface area contributed by atoms with Crippen LogP contribution in [-0.2, 0) is 4.79 Å². The number of ether oxygens (including phenoxy) is 1. The first-order valence-corrected chi connectivity index (χ1v) is 5.22. The van der Waals surface area contributed by atoms with Gasteiger partial charge in [0, 0.05) is 14.1 Å². The predicted molar refractivity (Wildman–Crippen MR) is 66.8 cm³/mol. The Hall–Kier alpha value is -2.31. The van der Waals surface area contributed by atoms with Gasteiger partial charge in [-0.25, -0.2) is 0 Å². The summed E-state index contributed by atoms with van der Waals surface area (Å²) < 4.78 is 4.92. The van der Waals surface area contributed by atoms with E-state index in [1.54, 1.807) is 20.2 Å². The molecule has 0 fully saturated rings. The van der Waals surface area contributed by atoms with Crippen LogP contribution >= 0.6 is 0 Å². The monoisotopic (exact) mass is 253 g/mol. The Morgan fingerprint density at radius 3 is 2.67 bits per heavy atom. The minimum absolute atomic E-state index is 0.0129. The number of rotatable bonds is 5. The van der Waals surface area contributed by atoms with Gasteiger partial charge in [-0.3, -0.25) is 14.9 Å². The number of methoxy groups -OCH3 is 1. The van der Waals surface area contributed by atoms with Crippen LogP contribution in [0, 0.1) is 10.1 Å². The molecule has 0 saturated carbocycles. The summed E-state index contributed by atoms with van der Waals surface area (Å²) in [6, 6.07) is 4.65. The van der Waals surface area contributed by atoms with Crippen LogP contribution in [0.1, 0.15) is 0 Å². The van der Waals surface area contributed by atoms with Gasteiger partial charge in [0.2, 0.25) is 5.91 Å². The van der Waals surface area contributed by atoms with Crippen LogP contribution in [0.3, 0.4) is 0 Å². The number of anilines is 1. The van der Waals surface area contributed by atoms with E-state index in [0.29, 0.717) is 0 Å². The van der Waals surface area contributed by atoms with Crippen LogP contribution in [0.4, 0.5) is 11.4 Å². The van der Waals surface area contributed by atoms with Gasteiger partial charge in [-0.2, -0.15) is 0 Å². The Balaban J connectivity index is 2.95. The summed E-state index contributed by atoms with van der Waals surface area (Å²) in [6.07, 6.45) is 0. The van der Waals surface area contributed by atoms with Gasteiger partial charge in [-0.15, -0.1) is 0 Å². The van der Waals surface area contributed by atoms with Crippen LogP contribution in [0.2, 0.25) is 0 Å². The smallest absolute Gasteiger partial charge is 0.333 e. The number of nitro groups is 1. The van der Waals surface area contributed by atoms with Crippen molar-refractivity contribution >= 4 is 17.3 Å². The first kappa shape index (κ1) is 13.8. The molecule has 0 bridgehead atoms. The predicted octanol–water partition coefficient (Wildman–Crippen LogP) is 1.10. The molecule has 1 rings (SSSR count). The molecular formula is C11H15N3O4. The van der Waals surface area contributed by atoms with Crippen LogP contribution in [-0.4, -0.2) is 43.5 Å². The zero-order chi connectivity index (χ0) is 13.7. The summed E-state index contributed by atoms with van der Waals surface area (Å²) in [4.78, 5) is 23.2. The molecule has 1 amide bonds. The zero-order valence-electron chi connectivity index (χ0n) is 10.5. The lowest BCUT2D eigenvalue weighted by Crippen LogP contribution is -2.28. The maximum atomic E-state index is 11.4. The van der Waals surface area contributed by atoms with Crippen molar-refractivity contribution in [3.05, 3.63) is 28.3 Å². The van der Waals surface area contributed by atoms with E-state index in [9.17, 15) is 14.9 Å². The number of nitro benzene ring substituents is 1. The molecule has 7 heteroatoms. The highest BCUT2D eigenvalue weighted by molar-refractivity contribution is 5.82. The molecular weight excluding hydrogens is 238 g/mol. The summed E-state index contributed by atoms with van der Waals surface area (Å²) in [5, 5.41) is 13.7. The number of nitrogens with one attached hydrogen (secondary N) is 1. The second-order valence-corrected chi connectivity index (χ2v) is 3.76. The van der Waals surface area contributed by atoms with Crippen molar-refractivity contribution in [2.24, 2.45) is 0 Å². The molecule has 0 aliphatic heterocycles. The highest BCUT2D eigenvalue weighted by Crippen LogP contribution is 2.34. The first-order chi connectivity index (χ1) is 8.47. The normalized spacial score (nSPS) is 9.72. The summed E-state index contributed by atoms with van der Waals surface area (Å²) in [6.45, 7) is -0.0129. The summed E-state index contributed by atoms with van der Waals surface area (Å²) in [5.41, 5.74) is 0.0844. The molecule has 0 saturated heterocycles. The molecule has 0 spiro atoms. The van der Waals surface area contributed by atoms with E-state index >= 15 is 0 Å². The lowest BCUT2D eigenvalue weighted by molar-refractivity contribution is -0.384. The average molecular weight is 253 g/mol. The molecule has 98 valence electrons. The third kappa shape index (κ3) is 3.09. The first-order valence-electron chi connectivity index (χ1n) is 5.22. The number of benzene rings is 1. The van der Waals surface area contributed by atoms with E-state index < -0.39 is 4.92 Å². The molecule has 0 heterocycles. The molecule has 7 nitrogen and oxygen atoms in total. The summed E-state index contributed by atoms with van der Waals surface area (Å²) in [5.74, 6) is -0.0191. The molecule has 0 aromatic heterocycles. The quantitative estimate of drug-likeness (QED) is 0.627. The van der Waals surface area contributed by atoms with E-state index in [4.69, 9.17) is 4.74 Å². The number of hydrogen-bond donors (Lipinski definition) is 1. The van der Waals surface area contributed by atoms with Gasteiger partial charge in [-0.1, -0.05) is 6.07 Å². The van der Waals surface area contributed by atoms with Crippen molar-refractivity contribution in [3.8, 4) is 5.75 Å². The van der Waals surface area contributed by atoms with E-state index in [1.807, 2.05) is 0 Å². The SMILES string of the molecule is COc1cccc(NCC(=O)N(C)C)c1[N+](=O)[O-]. The number of carbonyl (C=O) groups excluding carboxylic acids is 1. The van der Waals surface area contributed by atoms with Gasteiger partial charge < -0.3 is 15.0 Å². The van der Waals surface area contributed by atoms with Gasteiger partial charge >= 0.3 is 5.69 Å². The van der Waals surface area contributed by atoms with Crippen molar-refractivity contribution in [1.82, 2.24) is 4.90 Å². The van der Waals surface area contributed by atoms with E-state index in [1.165, 1.54) is 24.1 Å². The Morgan fingerprint density at radius 1 is 1.50 bits per heavy atom. The van der Waals surface area contributed by atoms with Crippen LogP contribution < -0.4 is 10.1 Å². The molecule has 0 aliphatic rings. The fourth-order valence-corrected chi connectivity index (χ4v) is 1.35. The maximum Gasteiger partial charge on any atom is 0.333 e. The van der Waals surface area contributed by atoms with Crippen molar-refractivity contribution < 1.29 is 14.5 Å². The standard InChI is InChI=1S/C11H15N3O4/c1-13(2)10(15)7-12-8-5-4-6-9(18-3)11(8)14(16)17/h4-6,12H,7H2,1-3H3. The number of para-hydroxylation sites is 1. The molecule has 0 unspecified atom stereocenters. The fraction of sp³-hybridized carbons (Fsp3) is 0.364. The highest BCUT2D eigenvalue weighted by Gasteiger charge is 2.20. The van der Waals surface area contributed by atoms with Crippen molar-refractivity contribution in [1.29, 1.82) is 0 Å². The Bertz CT molecular complexity index is 460. The lowest BCUT2D eigenvalue weighted by atomic mass is 10.2. The minimum Gasteiger partial charge on any atom is -0.490 e. The molecule has 1 aromatic rings. The average Bonchev–Trinajstić information content (AvgIpc) is 2.34. The molecule has 0 aliphatic carbocycles. The van der Waals surface area contributed by atoms with Crippen LogP contribution in [0.5, 0.6) is 5.75 Å². The van der Waals surface area contributed by atoms with Gasteiger partial charge in [0.25, 0.3) is 0 Å². The number of hydrogen-bond acceptors (Lipinski definition) is 5. The van der Waals surface area contributed by atoms with Crippen molar-refractivity contribution in [3.63, 3.8) is 0 Å².